The van der Waals surface area contributed by atoms with Crippen molar-refractivity contribution in [1.82, 2.24) is 94.5 Å². The number of phenols is 2. The number of para-hydroxylation sites is 2. The predicted molar refractivity (Wildman–Crippen MR) is 393 cm³/mol. The van der Waals surface area contributed by atoms with E-state index in [0.29, 0.717) is 95.1 Å². The first-order valence-electron chi connectivity index (χ1n) is 36.1. The summed E-state index contributed by atoms with van der Waals surface area (Å²) in [6.45, 7) is 4.71. The largest absolute Gasteiger partial charge is 0.507 e. The SMILES string of the molecule is Nc1nnc(-c2cccc(Nc3nnc(-c4ccccc4O)cc3-c3cnn(C4CCN(C5CCC(c6cccc7c6c6cccnc6n7C6CCC(=O)NC6=O)CC5)CC4)c3)c2O)cc1-c1cnn(C2CCN(Cc3cn(Cc4ccc5c(c4)c4cccnc4n5C4CCC(=O)NC4=O)nn3)CC2)c1. The molecular weight excluding hydrogens is 1330 g/mol. The molecule has 9 aromatic heterocycles. The monoisotopic (exact) mass is 1400 g/mol. The van der Waals surface area contributed by atoms with Gasteiger partial charge in [-0.15, -0.1) is 25.5 Å². The maximum Gasteiger partial charge on any atom is 0.249 e. The van der Waals surface area contributed by atoms with Crippen molar-refractivity contribution in [1.29, 1.82) is 0 Å². The number of rotatable bonds is 16. The lowest BCUT2D eigenvalue weighted by molar-refractivity contribution is -0.137. The molecule has 4 aliphatic heterocycles. The second-order valence-corrected chi connectivity index (χ2v) is 28.5. The first-order valence-corrected chi connectivity index (χ1v) is 36.1. The standard InChI is InChI=1S/C78H75N21O6/c79-73-58(47-38-82-96(41-47)51-25-31-93(32-26-51)43-49-44-95(92-87-49)40-45-15-20-64-60(35-45)54-10-5-29-80-75(54)98(64)66-21-23-69(101)85-77(66)104)36-63(88-90-73)56-9-3-12-61(72(56)103)84-74-59(37-62(89-91-74)55-7-1-2-14-68(55)100)48-39-83-97(42-48)52-27-33-94(34-28-52)50-18-16-46(17-19-50)53-8-4-13-65-71(53)57-11-6-30-81-76(57)99(65)67-22-24-70(102)86-78(67)105/h1-15,20,29-30,35-39,41-42,44,46,50-52,66-67,100,103H,16-19,21-28,31-34,40,43H2,(H2,79,90)(H,84,91)(H,85,101,104)(H,86,102,105). The molecule has 13 aromatic rings. The highest BCUT2D eigenvalue weighted by Gasteiger charge is 2.36. The van der Waals surface area contributed by atoms with Crippen LogP contribution >= 0.6 is 0 Å². The van der Waals surface area contributed by atoms with Crippen LogP contribution in [0.15, 0.2) is 159 Å². The van der Waals surface area contributed by atoms with E-state index in [0.717, 1.165) is 138 Å². The number of anilines is 3. The van der Waals surface area contributed by atoms with Crippen molar-refractivity contribution in [3.05, 3.63) is 175 Å². The van der Waals surface area contributed by atoms with E-state index in [4.69, 9.17) is 26.0 Å². The fourth-order valence-electron chi connectivity index (χ4n) is 16.9. The molecule has 5 fully saturated rings. The van der Waals surface area contributed by atoms with Crippen LogP contribution in [0.5, 0.6) is 11.5 Å². The number of likely N-dealkylation sites (tertiary alicyclic amines) is 2. The summed E-state index contributed by atoms with van der Waals surface area (Å²) >= 11 is 0. The lowest BCUT2D eigenvalue weighted by Crippen LogP contribution is -2.43. The van der Waals surface area contributed by atoms with Crippen molar-refractivity contribution >= 4 is 84.8 Å². The molecule has 4 aromatic carbocycles. The lowest BCUT2D eigenvalue weighted by Gasteiger charge is -2.41. The van der Waals surface area contributed by atoms with Gasteiger partial charge >= 0.3 is 0 Å². The van der Waals surface area contributed by atoms with E-state index in [1.807, 2.05) is 87.1 Å². The summed E-state index contributed by atoms with van der Waals surface area (Å²) in [6.07, 6.45) is 22.5. The highest BCUT2D eigenvalue weighted by molar-refractivity contribution is 6.11. The molecule has 4 saturated heterocycles. The number of nitrogens with zero attached hydrogens (tertiary/aromatic N) is 17. The maximum atomic E-state index is 13.2. The van der Waals surface area contributed by atoms with E-state index in [-0.39, 0.29) is 59.5 Å². The van der Waals surface area contributed by atoms with Gasteiger partial charge in [-0.1, -0.05) is 41.6 Å². The van der Waals surface area contributed by atoms with E-state index in [2.05, 4.69) is 102 Å². The number of phenolic OH excluding ortho intramolecular Hbond substituents is 2. The summed E-state index contributed by atoms with van der Waals surface area (Å²) in [5, 5.41) is 72.8. The molecule has 528 valence electrons. The normalized spacial score (nSPS) is 19.7. The molecule has 0 radical (unpaired) electrons. The second kappa shape index (κ2) is 26.9. The van der Waals surface area contributed by atoms with Crippen LogP contribution in [0.4, 0.5) is 17.3 Å². The number of piperidine rings is 4. The molecule has 7 N–H and O–H groups in total. The Morgan fingerprint density at radius 1 is 0.533 bits per heavy atom. The number of benzene rings is 4. The number of aromatic hydroxyl groups is 2. The number of pyridine rings is 2. The third-order valence-corrected chi connectivity index (χ3v) is 22.2. The average Bonchev–Trinajstić information content (AvgIpc) is 1.58. The Balaban J connectivity index is 0.519. The third kappa shape index (κ3) is 12.2. The fraction of sp³-hybridized carbons (Fsp3) is 0.308. The van der Waals surface area contributed by atoms with Crippen molar-refractivity contribution in [2.45, 2.75) is 126 Å². The Hall–Kier alpha value is -12.1. The molecule has 27 nitrogen and oxygen atoms in total. The van der Waals surface area contributed by atoms with Crippen molar-refractivity contribution in [3.63, 3.8) is 0 Å². The quantitative estimate of drug-likeness (QED) is 0.0387. The van der Waals surface area contributed by atoms with Gasteiger partial charge in [-0.3, -0.25) is 44.1 Å². The molecule has 1 aliphatic carbocycles. The molecule has 0 spiro atoms. The van der Waals surface area contributed by atoms with Crippen molar-refractivity contribution < 1.29 is 29.4 Å². The number of nitrogen functional groups attached to an aromatic ring is 1. The Morgan fingerprint density at radius 3 is 1.90 bits per heavy atom. The summed E-state index contributed by atoms with van der Waals surface area (Å²) in [5.41, 5.74) is 18.1. The van der Waals surface area contributed by atoms with E-state index >= 15 is 0 Å². The number of fused-ring (bicyclic) bond motifs is 6. The Labute approximate surface area is 601 Å². The number of hydrogen-bond acceptors (Lipinski definition) is 20. The van der Waals surface area contributed by atoms with Crippen LogP contribution in [0.2, 0.25) is 0 Å². The molecule has 4 amide bonds. The summed E-state index contributed by atoms with van der Waals surface area (Å²) < 4.78 is 9.92. The van der Waals surface area contributed by atoms with E-state index in [1.165, 1.54) is 5.56 Å². The van der Waals surface area contributed by atoms with Crippen molar-refractivity contribution in [2.75, 3.05) is 37.2 Å². The highest BCUT2D eigenvalue weighted by atomic mass is 16.3. The number of amides is 4. The maximum absolute atomic E-state index is 13.2. The van der Waals surface area contributed by atoms with Crippen LogP contribution in [0, 0.1) is 0 Å². The number of imide groups is 2. The number of carbonyl (C=O) groups excluding carboxylic acids is 4. The second-order valence-electron chi connectivity index (χ2n) is 28.5. The van der Waals surface area contributed by atoms with Crippen LogP contribution in [0.1, 0.15) is 124 Å². The van der Waals surface area contributed by atoms with E-state index < -0.39 is 12.1 Å². The number of nitrogens with one attached hydrogen (secondary N) is 3. The minimum atomic E-state index is -0.530. The predicted octanol–water partition coefficient (Wildman–Crippen LogP) is 10.9. The van der Waals surface area contributed by atoms with Gasteiger partial charge in [0.2, 0.25) is 23.6 Å². The van der Waals surface area contributed by atoms with Gasteiger partial charge in [-0.2, -0.15) is 10.2 Å². The van der Waals surface area contributed by atoms with Gasteiger partial charge in [-0.25, -0.2) is 14.6 Å². The lowest BCUT2D eigenvalue weighted by atomic mass is 9.79. The van der Waals surface area contributed by atoms with E-state index in [1.54, 1.807) is 48.9 Å². The Morgan fingerprint density at radius 2 is 1.17 bits per heavy atom. The Bertz CT molecular complexity index is 5570. The van der Waals surface area contributed by atoms with Gasteiger partial charge in [0.05, 0.1) is 71.0 Å². The highest BCUT2D eigenvalue weighted by Crippen LogP contribution is 2.46. The molecule has 18 rings (SSSR count). The molecule has 2 unspecified atom stereocenters. The number of carbonyl (C=O) groups is 4. The minimum Gasteiger partial charge on any atom is -0.507 e. The Kier molecular flexibility index (Phi) is 16.7. The molecule has 27 heteroatoms. The smallest absolute Gasteiger partial charge is 0.249 e. The van der Waals surface area contributed by atoms with Gasteiger partial charge in [0.15, 0.2) is 11.6 Å². The summed E-state index contributed by atoms with van der Waals surface area (Å²) in [4.78, 5) is 64.9. The van der Waals surface area contributed by atoms with Crippen molar-refractivity contribution in [2.24, 2.45) is 0 Å². The van der Waals surface area contributed by atoms with Crippen LogP contribution in [0.25, 0.3) is 88.6 Å². The zero-order valence-electron chi connectivity index (χ0n) is 57.4. The van der Waals surface area contributed by atoms with Crippen LogP contribution < -0.4 is 21.7 Å². The fourth-order valence-corrected chi connectivity index (χ4v) is 16.9. The number of aromatic nitrogens is 15. The molecule has 2 atom stereocenters. The zero-order chi connectivity index (χ0) is 71.0. The molecular formula is C78H75N21O6. The van der Waals surface area contributed by atoms with Gasteiger partial charge in [0, 0.05) is 131 Å². The first-order chi connectivity index (χ1) is 51.4. The molecule has 5 aliphatic rings. The van der Waals surface area contributed by atoms with Crippen molar-refractivity contribution in [3.8, 4) is 56.3 Å². The van der Waals surface area contributed by atoms with Gasteiger partial charge in [-0.05, 0) is 160 Å². The topological polar surface area (TPSA) is 331 Å². The van der Waals surface area contributed by atoms with Crippen LogP contribution in [0.3, 0.4) is 0 Å². The number of nitrogens with two attached hydrogens (primary N) is 1. The first kappa shape index (κ1) is 65.0. The summed E-state index contributed by atoms with van der Waals surface area (Å²) in [5.74, 6) is -0.143. The van der Waals surface area contributed by atoms with Gasteiger partial charge < -0.3 is 35.3 Å². The minimum absolute atomic E-state index is 0.0681. The van der Waals surface area contributed by atoms with Gasteiger partial charge in [0.25, 0.3) is 0 Å². The summed E-state index contributed by atoms with van der Waals surface area (Å²) in [7, 11) is 0. The van der Waals surface area contributed by atoms with Crippen LogP contribution in [-0.2, 0) is 32.3 Å². The molecule has 1 saturated carbocycles. The molecule has 0 bridgehead atoms. The van der Waals surface area contributed by atoms with E-state index in [9.17, 15) is 29.4 Å². The number of hydrogen-bond donors (Lipinski definition) is 6. The average molecular weight is 1400 g/mol. The molecule has 13 heterocycles. The molecule has 105 heavy (non-hydrogen) atoms. The zero-order valence-corrected chi connectivity index (χ0v) is 57.4. The van der Waals surface area contributed by atoms with Gasteiger partial charge in [0.1, 0.15) is 34.9 Å². The third-order valence-electron chi connectivity index (χ3n) is 22.2. The summed E-state index contributed by atoms with van der Waals surface area (Å²) in [6, 6.07) is 36.4. The van der Waals surface area contributed by atoms with Crippen LogP contribution in [-0.4, -0.2) is 150 Å².